The smallest absolute Gasteiger partial charge is 0.173 e. The van der Waals surface area contributed by atoms with Crippen LogP contribution in [0.4, 0.5) is 0 Å². The summed E-state index contributed by atoms with van der Waals surface area (Å²) in [6.07, 6.45) is 0.376. The van der Waals surface area contributed by atoms with Crippen LogP contribution in [0.3, 0.4) is 0 Å². The van der Waals surface area contributed by atoms with E-state index in [-0.39, 0.29) is 30.3 Å². The molecule has 1 saturated heterocycles. The fourth-order valence-corrected chi connectivity index (χ4v) is 3.62. The highest BCUT2D eigenvalue weighted by atomic mass is 16.7. The molecule has 0 aromatic heterocycles. The van der Waals surface area contributed by atoms with Crippen LogP contribution in [0.2, 0.25) is 0 Å². The predicted octanol–water partition coefficient (Wildman–Crippen LogP) is -1.49. The van der Waals surface area contributed by atoms with Gasteiger partial charge in [-0.3, -0.25) is 0 Å². The molecule has 142 valence electrons. The summed E-state index contributed by atoms with van der Waals surface area (Å²) in [5.41, 5.74) is 12.4. The van der Waals surface area contributed by atoms with Gasteiger partial charge in [0.1, 0.15) is 6.10 Å². The van der Waals surface area contributed by atoms with Crippen LogP contribution in [-0.2, 0) is 14.2 Å². The van der Waals surface area contributed by atoms with E-state index < -0.39 is 18.5 Å². The minimum Gasteiger partial charge on any atom is -0.389 e. The van der Waals surface area contributed by atoms with Crippen molar-refractivity contribution in [3.63, 3.8) is 0 Å². The number of hydrogen-bond acceptors (Lipinski definition) is 8. The van der Waals surface area contributed by atoms with E-state index in [0.717, 1.165) is 25.9 Å². The Morgan fingerprint density at radius 2 is 2.00 bits per heavy atom. The number of aliphatic hydroxyl groups excluding tert-OH is 1. The van der Waals surface area contributed by atoms with Crippen LogP contribution in [-0.4, -0.2) is 81.2 Å². The first kappa shape index (κ1) is 20.0. The first-order valence-corrected chi connectivity index (χ1v) is 8.92. The largest absolute Gasteiger partial charge is 0.389 e. The van der Waals surface area contributed by atoms with Crippen LogP contribution >= 0.6 is 0 Å². The number of hydrogen-bond donors (Lipinski definition) is 5. The van der Waals surface area contributed by atoms with Gasteiger partial charge in [0.2, 0.25) is 0 Å². The number of aliphatic hydroxyl groups is 1. The van der Waals surface area contributed by atoms with Crippen LogP contribution < -0.4 is 22.1 Å². The normalized spacial score (nSPS) is 43.8. The van der Waals surface area contributed by atoms with Gasteiger partial charge in [-0.05, 0) is 32.9 Å². The highest BCUT2D eigenvalue weighted by Crippen LogP contribution is 2.28. The summed E-state index contributed by atoms with van der Waals surface area (Å²) < 4.78 is 17.5. The summed E-state index contributed by atoms with van der Waals surface area (Å²) >= 11 is 0. The fraction of sp³-hybridized carbons (Fsp3) is 1.00. The van der Waals surface area contributed by atoms with Gasteiger partial charge in [0.15, 0.2) is 6.29 Å². The molecule has 0 bridgehead atoms. The van der Waals surface area contributed by atoms with Crippen molar-refractivity contribution in [2.45, 2.75) is 75.0 Å². The summed E-state index contributed by atoms with van der Waals surface area (Å²) in [5.74, 6) is 0. The zero-order valence-corrected chi connectivity index (χ0v) is 15.0. The van der Waals surface area contributed by atoms with Crippen LogP contribution in [0.25, 0.3) is 0 Å². The van der Waals surface area contributed by atoms with Gasteiger partial charge >= 0.3 is 0 Å². The maximum Gasteiger partial charge on any atom is 0.173 e. The molecular weight excluding hydrogens is 312 g/mol. The second-order valence-electron chi connectivity index (χ2n) is 6.75. The molecule has 0 aromatic rings. The molecule has 0 radical (unpaired) electrons. The van der Waals surface area contributed by atoms with Gasteiger partial charge < -0.3 is 41.4 Å². The molecule has 0 spiro atoms. The molecule has 24 heavy (non-hydrogen) atoms. The molecule has 2 aliphatic rings. The van der Waals surface area contributed by atoms with Crippen molar-refractivity contribution in [1.82, 2.24) is 10.6 Å². The zero-order chi connectivity index (χ0) is 17.7. The van der Waals surface area contributed by atoms with Crippen LogP contribution in [0, 0.1) is 0 Å². The molecule has 0 amide bonds. The molecule has 8 unspecified atom stereocenters. The Morgan fingerprint density at radius 1 is 1.25 bits per heavy atom. The minimum atomic E-state index is -0.784. The third kappa shape index (κ3) is 4.64. The number of nitrogens with one attached hydrogen (secondary N) is 2. The Hall–Kier alpha value is -0.320. The summed E-state index contributed by atoms with van der Waals surface area (Å²) in [4.78, 5) is 0. The standard InChI is InChI=1S/C16H34N4O4/c1-4-20-8-9-5-6-10(17)16(23-9)24-15-11(18)7-12(22-3)13(19-2)14(15)21/h9-16,19-21H,4-8,17-18H2,1-3H3. The fourth-order valence-electron chi connectivity index (χ4n) is 3.62. The van der Waals surface area contributed by atoms with Crippen molar-refractivity contribution in [2.75, 3.05) is 27.2 Å². The van der Waals surface area contributed by atoms with Gasteiger partial charge in [-0.2, -0.15) is 0 Å². The third-order valence-electron chi connectivity index (χ3n) is 5.08. The van der Waals surface area contributed by atoms with Gasteiger partial charge in [-0.1, -0.05) is 6.92 Å². The van der Waals surface area contributed by atoms with Crippen molar-refractivity contribution in [1.29, 1.82) is 0 Å². The molecule has 8 atom stereocenters. The lowest BCUT2D eigenvalue weighted by Gasteiger charge is -2.45. The molecule has 1 heterocycles. The molecule has 0 aromatic carbocycles. The van der Waals surface area contributed by atoms with Crippen molar-refractivity contribution in [3.05, 3.63) is 0 Å². The summed E-state index contributed by atoms with van der Waals surface area (Å²) in [5, 5.41) is 17.0. The maximum atomic E-state index is 10.7. The second kappa shape index (κ2) is 9.40. The first-order chi connectivity index (χ1) is 11.5. The molecule has 7 N–H and O–H groups in total. The summed E-state index contributed by atoms with van der Waals surface area (Å²) in [6.45, 7) is 3.73. The third-order valence-corrected chi connectivity index (χ3v) is 5.08. The molecule has 8 heteroatoms. The van der Waals surface area contributed by atoms with E-state index >= 15 is 0 Å². The predicted molar refractivity (Wildman–Crippen MR) is 91.5 cm³/mol. The van der Waals surface area contributed by atoms with Crippen molar-refractivity contribution >= 4 is 0 Å². The molecule has 1 aliphatic carbocycles. The summed E-state index contributed by atoms with van der Waals surface area (Å²) in [6, 6.07) is -0.785. The van der Waals surface area contributed by atoms with Gasteiger partial charge in [-0.25, -0.2) is 0 Å². The van der Waals surface area contributed by atoms with E-state index in [0.29, 0.717) is 6.42 Å². The topological polar surface area (TPSA) is 124 Å². The Balaban J connectivity index is 1.99. The average Bonchev–Trinajstić information content (AvgIpc) is 2.58. The number of rotatable bonds is 7. The zero-order valence-electron chi connectivity index (χ0n) is 15.0. The number of nitrogens with two attached hydrogens (primary N) is 2. The SMILES string of the molecule is CCNCC1CCC(N)C(OC2C(N)CC(OC)C(NC)C2O)O1. The lowest BCUT2D eigenvalue weighted by molar-refractivity contribution is -0.250. The quantitative estimate of drug-likeness (QED) is 0.378. The lowest BCUT2D eigenvalue weighted by atomic mass is 9.84. The van der Waals surface area contributed by atoms with Crippen LogP contribution in [0.15, 0.2) is 0 Å². The highest BCUT2D eigenvalue weighted by molar-refractivity contribution is 5.00. The van der Waals surface area contributed by atoms with Gasteiger partial charge in [0, 0.05) is 19.7 Å². The van der Waals surface area contributed by atoms with Crippen molar-refractivity contribution in [2.24, 2.45) is 11.5 Å². The van der Waals surface area contributed by atoms with E-state index in [1.807, 2.05) is 0 Å². The van der Waals surface area contributed by atoms with Crippen molar-refractivity contribution in [3.8, 4) is 0 Å². The van der Waals surface area contributed by atoms with E-state index in [9.17, 15) is 5.11 Å². The highest BCUT2D eigenvalue weighted by Gasteiger charge is 2.45. The first-order valence-electron chi connectivity index (χ1n) is 8.92. The van der Waals surface area contributed by atoms with Crippen molar-refractivity contribution < 1.29 is 19.3 Å². The van der Waals surface area contributed by atoms with E-state index in [2.05, 4.69) is 17.6 Å². The Bertz CT molecular complexity index is 374. The van der Waals surface area contributed by atoms with Gasteiger partial charge in [0.05, 0.1) is 30.4 Å². The monoisotopic (exact) mass is 346 g/mol. The van der Waals surface area contributed by atoms with Crippen LogP contribution in [0.1, 0.15) is 26.2 Å². The lowest BCUT2D eigenvalue weighted by Crippen LogP contribution is -2.65. The van der Waals surface area contributed by atoms with E-state index in [1.165, 1.54) is 0 Å². The average molecular weight is 346 g/mol. The Morgan fingerprint density at radius 3 is 2.62 bits per heavy atom. The van der Waals surface area contributed by atoms with Gasteiger partial charge in [0.25, 0.3) is 0 Å². The second-order valence-corrected chi connectivity index (χ2v) is 6.75. The molecule has 8 nitrogen and oxygen atoms in total. The maximum absolute atomic E-state index is 10.7. The number of ether oxygens (including phenoxy) is 3. The van der Waals surface area contributed by atoms with Gasteiger partial charge in [-0.15, -0.1) is 0 Å². The number of methoxy groups -OCH3 is 1. The summed E-state index contributed by atoms with van der Waals surface area (Å²) in [7, 11) is 3.42. The molecule has 2 rings (SSSR count). The Labute approximate surface area is 144 Å². The minimum absolute atomic E-state index is 0.0681. The van der Waals surface area contributed by atoms with Crippen LogP contribution in [0.5, 0.6) is 0 Å². The number of likely N-dealkylation sites (N-methyl/N-ethyl adjacent to an activating group) is 2. The van der Waals surface area contributed by atoms with E-state index in [4.69, 9.17) is 25.7 Å². The molecular formula is C16H34N4O4. The molecule has 1 aliphatic heterocycles. The molecule has 2 fully saturated rings. The van der Waals surface area contributed by atoms with E-state index in [1.54, 1.807) is 14.2 Å². The molecule has 1 saturated carbocycles. The Kier molecular flexibility index (Phi) is 7.83.